The van der Waals surface area contributed by atoms with Crippen molar-refractivity contribution in [3.8, 4) is 0 Å². The smallest absolute Gasteiger partial charge is 0.180 e. The van der Waals surface area contributed by atoms with Crippen molar-refractivity contribution in [1.82, 2.24) is 0 Å². The maximum absolute atomic E-state index is 12.0. The lowest BCUT2D eigenvalue weighted by Gasteiger charge is -2.13. The number of para-hydroxylation sites is 1. The molecular weight excluding hydrogens is 240 g/mol. The number of nitrogen functional groups attached to an aromatic ring is 1. The Kier molecular flexibility index (Phi) is 4.77. The summed E-state index contributed by atoms with van der Waals surface area (Å²) in [7, 11) is -3.32. The van der Waals surface area contributed by atoms with E-state index in [-0.39, 0.29) is 23.8 Å². The zero-order valence-corrected chi connectivity index (χ0v) is 10.6. The van der Waals surface area contributed by atoms with Crippen LogP contribution in [0.3, 0.4) is 0 Å². The minimum Gasteiger partial charge on any atom is -0.397 e. The third-order valence-electron chi connectivity index (χ3n) is 2.28. The topological polar surface area (TPSA) is 92.4 Å². The average Bonchev–Trinajstić information content (AvgIpc) is 2.27. The fourth-order valence-corrected chi connectivity index (χ4v) is 3.10. The Hall–Kier alpha value is -1.27. The van der Waals surface area contributed by atoms with Gasteiger partial charge in [-0.1, -0.05) is 13.0 Å². The van der Waals surface area contributed by atoms with E-state index in [2.05, 4.69) is 5.32 Å². The second kappa shape index (κ2) is 5.88. The first kappa shape index (κ1) is 13.8. The molecule has 0 spiro atoms. The van der Waals surface area contributed by atoms with Gasteiger partial charge >= 0.3 is 0 Å². The molecule has 1 aromatic carbocycles. The molecule has 0 radical (unpaired) electrons. The summed E-state index contributed by atoms with van der Waals surface area (Å²) in [6.45, 7) is 2.00. The van der Waals surface area contributed by atoms with Crippen molar-refractivity contribution in [3.63, 3.8) is 0 Å². The van der Waals surface area contributed by atoms with Gasteiger partial charge in [-0.25, -0.2) is 8.42 Å². The predicted octanol–water partition coefficient (Wildman–Crippen LogP) is 0.857. The molecule has 6 heteroatoms. The molecule has 1 aromatic rings. The van der Waals surface area contributed by atoms with Crippen LogP contribution in [0.1, 0.15) is 13.3 Å². The standard InChI is InChI=1S/C11H18N2O3S/c1-2-8-17(15,16)10-5-3-4-9(12)11(10)13-6-7-14/h3-5,13-14H,2,6-8,12H2,1H3. The summed E-state index contributed by atoms with van der Waals surface area (Å²) in [5.41, 5.74) is 6.50. The molecule has 0 aromatic heterocycles. The van der Waals surface area contributed by atoms with Gasteiger partial charge in [0.1, 0.15) is 0 Å². The largest absolute Gasteiger partial charge is 0.397 e. The van der Waals surface area contributed by atoms with Crippen LogP contribution in [0.5, 0.6) is 0 Å². The minimum atomic E-state index is -3.32. The number of anilines is 2. The molecule has 0 atom stereocenters. The number of hydrogen-bond donors (Lipinski definition) is 3. The van der Waals surface area contributed by atoms with Crippen molar-refractivity contribution < 1.29 is 13.5 Å². The summed E-state index contributed by atoms with van der Waals surface area (Å²) in [6.07, 6.45) is 0.552. The lowest BCUT2D eigenvalue weighted by molar-refractivity contribution is 0.311. The highest BCUT2D eigenvalue weighted by Crippen LogP contribution is 2.28. The first-order chi connectivity index (χ1) is 8.03. The van der Waals surface area contributed by atoms with E-state index in [1.165, 1.54) is 6.07 Å². The lowest BCUT2D eigenvalue weighted by Crippen LogP contribution is -2.14. The molecule has 0 bridgehead atoms. The van der Waals surface area contributed by atoms with Crippen LogP contribution in [0.15, 0.2) is 23.1 Å². The number of aliphatic hydroxyl groups is 1. The van der Waals surface area contributed by atoms with Crippen LogP contribution in [-0.4, -0.2) is 32.4 Å². The van der Waals surface area contributed by atoms with Gasteiger partial charge < -0.3 is 16.2 Å². The van der Waals surface area contributed by atoms with Gasteiger partial charge in [0.2, 0.25) is 0 Å². The molecule has 1 rings (SSSR count). The second-order valence-electron chi connectivity index (χ2n) is 3.69. The van der Waals surface area contributed by atoms with Gasteiger partial charge in [0.25, 0.3) is 0 Å². The Labute approximate surface area is 102 Å². The van der Waals surface area contributed by atoms with Crippen LogP contribution in [0.25, 0.3) is 0 Å². The quantitative estimate of drug-likeness (QED) is 0.658. The first-order valence-corrected chi connectivity index (χ1v) is 7.14. The van der Waals surface area contributed by atoms with Crippen molar-refractivity contribution >= 4 is 21.2 Å². The second-order valence-corrected chi connectivity index (χ2v) is 5.77. The molecule has 0 unspecified atom stereocenters. The molecule has 17 heavy (non-hydrogen) atoms. The Morgan fingerprint density at radius 1 is 1.41 bits per heavy atom. The maximum Gasteiger partial charge on any atom is 0.180 e. The molecule has 96 valence electrons. The molecule has 0 heterocycles. The molecule has 0 amide bonds. The number of nitrogens with two attached hydrogens (primary N) is 1. The Balaban J connectivity index is 3.19. The molecule has 0 saturated carbocycles. The third-order valence-corrected chi connectivity index (χ3v) is 4.24. The molecule has 4 N–H and O–H groups in total. The number of hydrogen-bond acceptors (Lipinski definition) is 5. The van der Waals surface area contributed by atoms with Crippen molar-refractivity contribution in [3.05, 3.63) is 18.2 Å². The summed E-state index contributed by atoms with van der Waals surface area (Å²) in [5, 5.41) is 11.6. The van der Waals surface area contributed by atoms with Gasteiger partial charge in [-0.05, 0) is 18.6 Å². The lowest BCUT2D eigenvalue weighted by atomic mass is 10.2. The zero-order chi connectivity index (χ0) is 12.9. The molecule has 0 aliphatic heterocycles. The van der Waals surface area contributed by atoms with Gasteiger partial charge in [0.05, 0.1) is 28.6 Å². The monoisotopic (exact) mass is 258 g/mol. The molecule has 5 nitrogen and oxygen atoms in total. The SMILES string of the molecule is CCCS(=O)(=O)c1cccc(N)c1NCCO. The van der Waals surface area contributed by atoms with Crippen LogP contribution < -0.4 is 11.1 Å². The van der Waals surface area contributed by atoms with Crippen molar-refractivity contribution in [2.75, 3.05) is 30.0 Å². The predicted molar refractivity (Wildman–Crippen MR) is 68.8 cm³/mol. The number of rotatable bonds is 6. The highest BCUT2D eigenvalue weighted by molar-refractivity contribution is 7.91. The Morgan fingerprint density at radius 3 is 2.71 bits per heavy atom. The van der Waals surface area contributed by atoms with E-state index in [0.29, 0.717) is 17.8 Å². The van der Waals surface area contributed by atoms with E-state index in [9.17, 15) is 8.42 Å². The number of benzene rings is 1. The summed E-state index contributed by atoms with van der Waals surface area (Å²) in [5.74, 6) is 0.0876. The highest BCUT2D eigenvalue weighted by atomic mass is 32.2. The van der Waals surface area contributed by atoms with Gasteiger partial charge in [0, 0.05) is 6.54 Å². The van der Waals surface area contributed by atoms with Gasteiger partial charge in [-0.15, -0.1) is 0 Å². The van der Waals surface area contributed by atoms with Crippen molar-refractivity contribution in [1.29, 1.82) is 0 Å². The van der Waals surface area contributed by atoms with Crippen LogP contribution in [-0.2, 0) is 9.84 Å². The maximum atomic E-state index is 12.0. The highest BCUT2D eigenvalue weighted by Gasteiger charge is 2.19. The van der Waals surface area contributed by atoms with Gasteiger partial charge in [-0.3, -0.25) is 0 Å². The van der Waals surface area contributed by atoms with Crippen LogP contribution in [0.2, 0.25) is 0 Å². The number of nitrogens with one attached hydrogen (secondary N) is 1. The van der Waals surface area contributed by atoms with E-state index in [1.807, 2.05) is 6.92 Å². The zero-order valence-electron chi connectivity index (χ0n) is 9.81. The van der Waals surface area contributed by atoms with Crippen LogP contribution in [0, 0.1) is 0 Å². The fraction of sp³-hybridized carbons (Fsp3) is 0.455. The summed E-state index contributed by atoms with van der Waals surface area (Å²) >= 11 is 0. The molecule has 0 aliphatic carbocycles. The van der Waals surface area contributed by atoms with E-state index in [0.717, 1.165) is 0 Å². The third kappa shape index (κ3) is 3.34. The van der Waals surface area contributed by atoms with E-state index in [4.69, 9.17) is 10.8 Å². The van der Waals surface area contributed by atoms with Crippen molar-refractivity contribution in [2.45, 2.75) is 18.2 Å². The van der Waals surface area contributed by atoms with E-state index < -0.39 is 9.84 Å². The van der Waals surface area contributed by atoms with Crippen molar-refractivity contribution in [2.24, 2.45) is 0 Å². The molecule has 0 saturated heterocycles. The van der Waals surface area contributed by atoms with Crippen LogP contribution in [0.4, 0.5) is 11.4 Å². The fourth-order valence-electron chi connectivity index (χ4n) is 1.56. The van der Waals surface area contributed by atoms with Gasteiger partial charge in [-0.2, -0.15) is 0 Å². The first-order valence-electron chi connectivity index (χ1n) is 5.49. The van der Waals surface area contributed by atoms with E-state index in [1.54, 1.807) is 12.1 Å². The minimum absolute atomic E-state index is 0.0817. The summed E-state index contributed by atoms with van der Waals surface area (Å²) < 4.78 is 24.0. The molecular formula is C11H18N2O3S. The van der Waals surface area contributed by atoms with E-state index >= 15 is 0 Å². The molecule has 0 fully saturated rings. The number of aliphatic hydroxyl groups excluding tert-OH is 1. The Morgan fingerprint density at radius 2 is 2.12 bits per heavy atom. The molecule has 0 aliphatic rings. The number of sulfone groups is 1. The summed E-state index contributed by atoms with van der Waals surface area (Å²) in [6, 6.07) is 4.77. The Bertz CT molecular complexity index is 472. The normalized spacial score (nSPS) is 11.4. The summed E-state index contributed by atoms with van der Waals surface area (Å²) in [4.78, 5) is 0.202. The van der Waals surface area contributed by atoms with Crippen LogP contribution >= 0.6 is 0 Å². The van der Waals surface area contributed by atoms with Gasteiger partial charge in [0.15, 0.2) is 9.84 Å². The average molecular weight is 258 g/mol.